The number of hydrogen-bond donors (Lipinski definition) is 2. The van der Waals surface area contributed by atoms with E-state index < -0.39 is 10.0 Å². The number of carbonyl (C=O) groups excluding carboxylic acids is 1. The molecule has 0 spiro atoms. The number of amides is 1. The van der Waals surface area contributed by atoms with Gasteiger partial charge >= 0.3 is 0 Å². The number of nitrogens with zero attached hydrogens (tertiary/aromatic N) is 2. The van der Waals surface area contributed by atoms with E-state index in [-0.39, 0.29) is 15.4 Å². The van der Waals surface area contributed by atoms with Crippen molar-refractivity contribution in [3.05, 3.63) is 23.8 Å². The van der Waals surface area contributed by atoms with Gasteiger partial charge in [0, 0.05) is 19.0 Å². The van der Waals surface area contributed by atoms with Crippen molar-refractivity contribution in [3.63, 3.8) is 0 Å². The molecule has 0 bridgehead atoms. The van der Waals surface area contributed by atoms with Crippen LogP contribution in [0, 0.1) is 0 Å². The molecule has 3 rings (SSSR count). The maximum absolute atomic E-state index is 12.3. The second-order valence-electron chi connectivity index (χ2n) is 4.58. The molecule has 0 unspecified atom stereocenters. The van der Waals surface area contributed by atoms with Crippen molar-refractivity contribution in [1.82, 2.24) is 10.2 Å². The topological polar surface area (TPSA) is 110 Å². The number of anilines is 2. The lowest BCUT2D eigenvalue weighted by molar-refractivity contribution is -0.114. The summed E-state index contributed by atoms with van der Waals surface area (Å²) < 4.78 is 32.1. The molecule has 22 heavy (non-hydrogen) atoms. The fourth-order valence-electron chi connectivity index (χ4n) is 1.97. The van der Waals surface area contributed by atoms with Crippen molar-refractivity contribution in [2.45, 2.75) is 17.7 Å². The summed E-state index contributed by atoms with van der Waals surface area (Å²) in [5.74, 6) is 0.429. The van der Waals surface area contributed by atoms with E-state index in [1.807, 2.05) is 0 Å². The van der Waals surface area contributed by atoms with Crippen molar-refractivity contribution in [1.29, 1.82) is 0 Å². The van der Waals surface area contributed by atoms with E-state index in [9.17, 15) is 13.2 Å². The average Bonchev–Trinajstić information content (AvgIpc) is 3.06. The van der Waals surface area contributed by atoms with Crippen molar-refractivity contribution in [2.24, 2.45) is 0 Å². The molecule has 0 atom stereocenters. The number of benzene rings is 1. The van der Waals surface area contributed by atoms with Gasteiger partial charge in [-0.3, -0.25) is 9.52 Å². The van der Waals surface area contributed by atoms with Crippen LogP contribution in [0.15, 0.2) is 22.5 Å². The van der Waals surface area contributed by atoms with E-state index in [4.69, 9.17) is 4.74 Å². The maximum Gasteiger partial charge on any atom is 0.291 e. The summed E-state index contributed by atoms with van der Waals surface area (Å²) in [5.41, 5.74) is 1.39. The third-order valence-electron chi connectivity index (χ3n) is 2.86. The fourth-order valence-corrected chi connectivity index (χ4v) is 3.97. The smallest absolute Gasteiger partial charge is 0.291 e. The number of rotatable bonds is 4. The minimum absolute atomic E-state index is 0.134. The zero-order valence-corrected chi connectivity index (χ0v) is 13.1. The predicted octanol–water partition coefficient (Wildman–Crippen LogP) is 1.23. The van der Waals surface area contributed by atoms with Crippen molar-refractivity contribution in [2.75, 3.05) is 16.6 Å². The van der Waals surface area contributed by atoms with Crippen LogP contribution in [0.4, 0.5) is 10.8 Å². The molecule has 0 radical (unpaired) electrons. The zero-order chi connectivity index (χ0) is 15.7. The van der Waals surface area contributed by atoms with Crippen LogP contribution < -0.4 is 14.8 Å². The summed E-state index contributed by atoms with van der Waals surface area (Å²) in [6, 6.07) is 5.08. The van der Waals surface area contributed by atoms with Crippen LogP contribution in [0.5, 0.6) is 5.75 Å². The third-order valence-corrected chi connectivity index (χ3v) is 5.45. The molecule has 1 amide bonds. The number of fused-ring (bicyclic) bond motifs is 1. The molecular weight excluding hydrogens is 328 g/mol. The second kappa shape index (κ2) is 5.54. The van der Waals surface area contributed by atoms with E-state index in [1.54, 1.807) is 18.2 Å². The van der Waals surface area contributed by atoms with Crippen LogP contribution in [-0.2, 0) is 21.2 Å². The van der Waals surface area contributed by atoms with Crippen LogP contribution in [0.2, 0.25) is 0 Å². The van der Waals surface area contributed by atoms with E-state index >= 15 is 0 Å². The summed E-state index contributed by atoms with van der Waals surface area (Å²) in [4.78, 5) is 10.9. The minimum atomic E-state index is -3.84. The van der Waals surface area contributed by atoms with Gasteiger partial charge in [0.15, 0.2) is 0 Å². The van der Waals surface area contributed by atoms with Gasteiger partial charge in [-0.05, 0) is 23.8 Å². The van der Waals surface area contributed by atoms with Gasteiger partial charge in [-0.25, -0.2) is 0 Å². The first-order chi connectivity index (χ1) is 10.4. The molecule has 8 nitrogen and oxygen atoms in total. The summed E-state index contributed by atoms with van der Waals surface area (Å²) in [6.45, 7) is 1.91. The molecule has 0 saturated heterocycles. The highest BCUT2D eigenvalue weighted by Gasteiger charge is 2.22. The first-order valence-electron chi connectivity index (χ1n) is 6.34. The van der Waals surface area contributed by atoms with E-state index in [0.717, 1.165) is 29.1 Å². The largest absolute Gasteiger partial charge is 0.493 e. The number of hydrogen-bond acceptors (Lipinski definition) is 7. The molecule has 1 aromatic carbocycles. The summed E-state index contributed by atoms with van der Waals surface area (Å²) in [7, 11) is -3.84. The van der Waals surface area contributed by atoms with E-state index in [0.29, 0.717) is 12.3 Å². The van der Waals surface area contributed by atoms with Gasteiger partial charge in [0.2, 0.25) is 11.0 Å². The zero-order valence-electron chi connectivity index (χ0n) is 11.5. The highest BCUT2D eigenvalue weighted by molar-refractivity contribution is 7.94. The van der Waals surface area contributed by atoms with Crippen LogP contribution in [0.3, 0.4) is 0 Å². The van der Waals surface area contributed by atoms with Gasteiger partial charge in [0.1, 0.15) is 5.75 Å². The van der Waals surface area contributed by atoms with Gasteiger partial charge in [-0.1, -0.05) is 11.3 Å². The highest BCUT2D eigenvalue weighted by atomic mass is 32.2. The monoisotopic (exact) mass is 340 g/mol. The number of carbonyl (C=O) groups is 1. The first-order valence-corrected chi connectivity index (χ1v) is 8.64. The molecule has 1 aliphatic heterocycles. The van der Waals surface area contributed by atoms with Crippen molar-refractivity contribution < 1.29 is 17.9 Å². The number of nitrogens with one attached hydrogen (secondary N) is 2. The van der Waals surface area contributed by atoms with Crippen LogP contribution in [0.25, 0.3) is 0 Å². The lowest BCUT2D eigenvalue weighted by Gasteiger charge is -2.06. The Labute approximate surface area is 130 Å². The lowest BCUT2D eigenvalue weighted by atomic mass is 10.1. The van der Waals surface area contributed by atoms with Crippen LogP contribution in [0.1, 0.15) is 12.5 Å². The van der Waals surface area contributed by atoms with Crippen LogP contribution in [-0.4, -0.2) is 31.1 Å². The van der Waals surface area contributed by atoms with Gasteiger partial charge < -0.3 is 10.1 Å². The maximum atomic E-state index is 12.3. The molecular formula is C12H12N4O4S2. The Bertz CT molecular complexity index is 831. The second-order valence-corrected chi connectivity index (χ2v) is 7.41. The lowest BCUT2D eigenvalue weighted by Crippen LogP contribution is -2.12. The number of ether oxygens (including phenoxy) is 1. The van der Waals surface area contributed by atoms with Gasteiger partial charge in [0.05, 0.1) is 6.61 Å². The highest BCUT2D eigenvalue weighted by Crippen LogP contribution is 2.29. The normalized spacial score (nSPS) is 13.3. The molecule has 2 aromatic rings. The number of sulfonamides is 1. The molecule has 10 heteroatoms. The summed E-state index contributed by atoms with van der Waals surface area (Å²) >= 11 is 0.784. The quantitative estimate of drug-likeness (QED) is 0.810. The van der Waals surface area contributed by atoms with Gasteiger partial charge in [-0.2, -0.15) is 8.42 Å². The minimum Gasteiger partial charge on any atom is -0.493 e. The average molecular weight is 340 g/mol. The molecule has 0 fully saturated rings. The van der Waals surface area contributed by atoms with Crippen LogP contribution >= 0.6 is 11.3 Å². The Morgan fingerprint density at radius 3 is 2.95 bits per heavy atom. The Morgan fingerprint density at radius 1 is 1.36 bits per heavy atom. The molecule has 1 aromatic heterocycles. The Hall–Kier alpha value is -2.20. The van der Waals surface area contributed by atoms with E-state index in [2.05, 4.69) is 20.2 Å². The molecule has 2 N–H and O–H groups in total. The van der Waals surface area contributed by atoms with E-state index in [1.165, 1.54) is 6.92 Å². The number of aromatic nitrogens is 2. The van der Waals surface area contributed by atoms with Crippen molar-refractivity contribution >= 4 is 38.1 Å². The Kier molecular flexibility index (Phi) is 3.71. The first kappa shape index (κ1) is 14.7. The molecule has 2 heterocycles. The molecule has 116 valence electrons. The summed E-state index contributed by atoms with van der Waals surface area (Å²) in [5, 5.41) is 9.73. The molecule has 0 aliphatic carbocycles. The third kappa shape index (κ3) is 3.02. The Morgan fingerprint density at radius 2 is 2.18 bits per heavy atom. The Balaban J connectivity index is 1.81. The molecule has 1 aliphatic rings. The summed E-state index contributed by atoms with van der Waals surface area (Å²) in [6.07, 6.45) is 0.746. The SMILES string of the molecule is CC(=O)Nc1nnc(S(=O)(=O)Nc2ccc3c(c2)CCO3)s1. The molecule has 0 saturated carbocycles. The van der Waals surface area contributed by atoms with Gasteiger partial charge in [0.25, 0.3) is 14.4 Å². The van der Waals surface area contributed by atoms with Crippen molar-refractivity contribution in [3.8, 4) is 5.75 Å². The predicted molar refractivity (Wildman–Crippen MR) is 80.7 cm³/mol. The van der Waals surface area contributed by atoms with Gasteiger partial charge in [-0.15, -0.1) is 10.2 Å². The fraction of sp³-hybridized carbons (Fsp3) is 0.250. The standard InChI is InChI=1S/C12H12N4O4S2/c1-7(17)13-11-14-15-12(21-11)22(18,19)16-9-2-3-10-8(6-9)4-5-20-10/h2-3,6,16H,4-5H2,1H3,(H,13,14,17).